The van der Waals surface area contributed by atoms with Crippen molar-refractivity contribution in [2.75, 3.05) is 5.32 Å². The van der Waals surface area contributed by atoms with E-state index in [1.165, 1.54) is 25.5 Å². The number of primary amides is 1. The molecule has 1 atom stereocenters. The van der Waals surface area contributed by atoms with Gasteiger partial charge in [0.15, 0.2) is 0 Å². The molecule has 0 saturated heterocycles. The molecule has 29 heavy (non-hydrogen) atoms. The number of nitrogens with two attached hydrogens (primary N) is 1. The third-order valence-electron chi connectivity index (χ3n) is 4.12. The van der Waals surface area contributed by atoms with E-state index in [0.717, 1.165) is 17.5 Å². The summed E-state index contributed by atoms with van der Waals surface area (Å²) in [7, 11) is 0. The first kappa shape index (κ1) is 22.0. The van der Waals surface area contributed by atoms with E-state index in [0.29, 0.717) is 5.56 Å². The van der Waals surface area contributed by atoms with Gasteiger partial charge in [-0.05, 0) is 40.2 Å². The van der Waals surface area contributed by atoms with Crippen LogP contribution in [0.25, 0.3) is 0 Å². The summed E-state index contributed by atoms with van der Waals surface area (Å²) in [6.45, 7) is 7.85. The molecule has 12 heteroatoms. The Balaban J connectivity index is 2.38. The Morgan fingerprint density at radius 2 is 1.93 bits per heavy atom. The number of hydrogen-bond donors (Lipinski definition) is 2. The molecule has 0 spiro atoms. The highest BCUT2D eigenvalue weighted by Gasteiger charge is 2.29. The Kier molecular flexibility index (Phi) is 6.37. The van der Waals surface area contributed by atoms with Gasteiger partial charge >= 0.3 is 11.7 Å². The number of rotatable bonds is 7. The Hall–Kier alpha value is -3.28. The SMILES string of the molecule is Cc1c(C(N)=O)sc(NC(=O)C(C)n2ncc([N+](=O)[O-])c2C)c1C(=O)OC(C)C. The Bertz CT molecular complexity index is 993. The number of hydrogen-bond acceptors (Lipinski definition) is 8. The first-order valence-electron chi connectivity index (χ1n) is 8.59. The van der Waals surface area contributed by atoms with Gasteiger partial charge in [-0.1, -0.05) is 0 Å². The lowest BCUT2D eigenvalue weighted by Gasteiger charge is -2.14. The number of nitrogens with zero attached hydrogens (tertiary/aromatic N) is 3. The summed E-state index contributed by atoms with van der Waals surface area (Å²) < 4.78 is 6.40. The highest BCUT2D eigenvalue weighted by atomic mass is 32.1. The number of amides is 2. The van der Waals surface area contributed by atoms with Gasteiger partial charge in [0.1, 0.15) is 22.9 Å². The van der Waals surface area contributed by atoms with Crippen molar-refractivity contribution in [3.8, 4) is 0 Å². The zero-order valence-corrected chi connectivity index (χ0v) is 17.3. The zero-order valence-electron chi connectivity index (χ0n) is 16.5. The van der Waals surface area contributed by atoms with E-state index in [1.54, 1.807) is 13.8 Å². The number of aromatic nitrogens is 2. The van der Waals surface area contributed by atoms with Gasteiger partial charge in [-0.15, -0.1) is 11.3 Å². The van der Waals surface area contributed by atoms with Crippen molar-refractivity contribution in [1.82, 2.24) is 9.78 Å². The van der Waals surface area contributed by atoms with Gasteiger partial charge in [0.2, 0.25) is 5.91 Å². The standard InChI is InChI=1S/C17H21N5O6S/c1-7(2)28-17(25)12-8(3)13(14(18)23)29-16(12)20-15(24)10(5)21-9(4)11(6-19-21)22(26)27/h6-7,10H,1-5H3,(H2,18,23)(H,20,24). The van der Waals surface area contributed by atoms with Gasteiger partial charge in [-0.25, -0.2) is 4.79 Å². The number of nitro groups is 1. The molecule has 0 aromatic carbocycles. The van der Waals surface area contributed by atoms with E-state index in [1.807, 2.05) is 0 Å². The molecule has 11 nitrogen and oxygen atoms in total. The molecule has 2 amide bonds. The molecule has 2 aromatic heterocycles. The highest BCUT2D eigenvalue weighted by molar-refractivity contribution is 7.18. The molecular weight excluding hydrogens is 402 g/mol. The lowest BCUT2D eigenvalue weighted by molar-refractivity contribution is -0.385. The molecule has 0 saturated carbocycles. The first-order valence-corrected chi connectivity index (χ1v) is 9.40. The number of thiophene rings is 1. The quantitative estimate of drug-likeness (QED) is 0.392. The number of anilines is 1. The fourth-order valence-electron chi connectivity index (χ4n) is 2.67. The van der Waals surface area contributed by atoms with Crippen LogP contribution in [0.4, 0.5) is 10.7 Å². The van der Waals surface area contributed by atoms with Gasteiger partial charge in [-0.3, -0.25) is 24.4 Å². The van der Waals surface area contributed by atoms with Crippen LogP contribution >= 0.6 is 11.3 Å². The lowest BCUT2D eigenvalue weighted by Crippen LogP contribution is -2.26. The van der Waals surface area contributed by atoms with Crippen molar-refractivity contribution in [2.24, 2.45) is 5.73 Å². The topological polar surface area (TPSA) is 159 Å². The number of esters is 1. The van der Waals surface area contributed by atoms with Gasteiger partial charge in [0, 0.05) is 0 Å². The second kappa shape index (κ2) is 8.39. The van der Waals surface area contributed by atoms with E-state index in [9.17, 15) is 24.5 Å². The lowest BCUT2D eigenvalue weighted by atomic mass is 10.1. The van der Waals surface area contributed by atoms with Crippen molar-refractivity contribution in [3.05, 3.63) is 38.0 Å². The molecule has 3 N–H and O–H groups in total. The summed E-state index contributed by atoms with van der Waals surface area (Å²) in [5.41, 5.74) is 5.70. The average Bonchev–Trinajstić information content (AvgIpc) is 3.13. The van der Waals surface area contributed by atoms with E-state index >= 15 is 0 Å². The van der Waals surface area contributed by atoms with Crippen LogP contribution in [0, 0.1) is 24.0 Å². The number of carbonyl (C=O) groups is 3. The van der Waals surface area contributed by atoms with Crippen LogP contribution in [0.3, 0.4) is 0 Å². The first-order chi connectivity index (χ1) is 13.5. The van der Waals surface area contributed by atoms with Gasteiger partial charge in [0.25, 0.3) is 5.91 Å². The monoisotopic (exact) mass is 423 g/mol. The Morgan fingerprint density at radius 1 is 1.31 bits per heavy atom. The third kappa shape index (κ3) is 4.42. The van der Waals surface area contributed by atoms with Crippen molar-refractivity contribution in [3.63, 3.8) is 0 Å². The summed E-state index contributed by atoms with van der Waals surface area (Å²) in [5.74, 6) is -2.02. The van der Waals surface area contributed by atoms with E-state index < -0.39 is 34.9 Å². The molecule has 0 aliphatic rings. The molecule has 0 radical (unpaired) electrons. The molecule has 1 unspecified atom stereocenters. The van der Waals surface area contributed by atoms with E-state index in [-0.39, 0.29) is 26.8 Å². The van der Waals surface area contributed by atoms with E-state index in [2.05, 4.69) is 10.4 Å². The van der Waals surface area contributed by atoms with E-state index in [4.69, 9.17) is 10.5 Å². The minimum atomic E-state index is -0.919. The molecule has 0 aliphatic carbocycles. The fraction of sp³-hybridized carbons (Fsp3) is 0.412. The highest BCUT2D eigenvalue weighted by Crippen LogP contribution is 2.34. The maximum atomic E-state index is 12.7. The van der Waals surface area contributed by atoms with Crippen molar-refractivity contribution in [1.29, 1.82) is 0 Å². The van der Waals surface area contributed by atoms with Crippen LogP contribution in [0.5, 0.6) is 0 Å². The molecule has 156 valence electrons. The number of carbonyl (C=O) groups excluding carboxylic acids is 3. The fourth-order valence-corrected chi connectivity index (χ4v) is 3.72. The smallest absolute Gasteiger partial charge is 0.341 e. The second-order valence-corrected chi connectivity index (χ2v) is 7.58. The Labute approximate surface area is 170 Å². The van der Waals surface area contributed by atoms with Gasteiger partial charge in [0.05, 0.1) is 21.5 Å². The van der Waals surface area contributed by atoms with Crippen molar-refractivity contribution >= 4 is 39.8 Å². The zero-order chi connectivity index (χ0) is 22.0. The summed E-state index contributed by atoms with van der Waals surface area (Å²) in [4.78, 5) is 47.4. The van der Waals surface area contributed by atoms with Crippen LogP contribution in [-0.4, -0.2) is 38.6 Å². The van der Waals surface area contributed by atoms with Crippen LogP contribution in [0.1, 0.15) is 58.1 Å². The molecule has 2 aromatic rings. The summed E-state index contributed by atoms with van der Waals surface area (Å²) in [6, 6.07) is -0.919. The Morgan fingerprint density at radius 3 is 2.41 bits per heavy atom. The minimum Gasteiger partial charge on any atom is -0.459 e. The van der Waals surface area contributed by atoms with Crippen LogP contribution in [0.15, 0.2) is 6.20 Å². The minimum absolute atomic E-state index is 0.0428. The normalized spacial score (nSPS) is 11.9. The summed E-state index contributed by atoms with van der Waals surface area (Å²) in [6.07, 6.45) is 0.652. The molecule has 0 bridgehead atoms. The second-order valence-electron chi connectivity index (χ2n) is 6.56. The number of ether oxygens (including phenoxy) is 1. The molecule has 0 fully saturated rings. The third-order valence-corrected chi connectivity index (χ3v) is 5.34. The van der Waals surface area contributed by atoms with Gasteiger partial charge < -0.3 is 15.8 Å². The van der Waals surface area contributed by atoms with Crippen LogP contribution in [0.2, 0.25) is 0 Å². The molecular formula is C17H21N5O6S. The number of nitrogens with one attached hydrogen (secondary N) is 1. The summed E-state index contributed by atoms with van der Waals surface area (Å²) >= 11 is 0.860. The van der Waals surface area contributed by atoms with Crippen molar-refractivity contribution < 1.29 is 24.0 Å². The van der Waals surface area contributed by atoms with Gasteiger partial charge in [-0.2, -0.15) is 5.10 Å². The predicted octanol–water partition coefficient (Wildman–Crippen LogP) is 2.33. The van der Waals surface area contributed by atoms with Crippen molar-refractivity contribution in [2.45, 2.75) is 46.8 Å². The summed E-state index contributed by atoms with van der Waals surface area (Å²) in [5, 5.41) is 17.6. The average molecular weight is 423 g/mol. The largest absolute Gasteiger partial charge is 0.459 e. The van der Waals surface area contributed by atoms with Crippen LogP contribution in [-0.2, 0) is 9.53 Å². The maximum Gasteiger partial charge on any atom is 0.341 e. The predicted molar refractivity (Wildman–Crippen MR) is 105 cm³/mol. The molecule has 2 rings (SSSR count). The molecule has 2 heterocycles. The van der Waals surface area contributed by atoms with Crippen LogP contribution < -0.4 is 11.1 Å². The maximum absolute atomic E-state index is 12.7. The molecule has 0 aliphatic heterocycles.